The number of hydrogen-bond donors (Lipinski definition) is 2. The van der Waals surface area contributed by atoms with Gasteiger partial charge in [-0.05, 0) is 43.9 Å². The van der Waals surface area contributed by atoms with Gasteiger partial charge in [-0.15, -0.1) is 11.8 Å². The molecule has 88 valence electrons. The number of carbonyl (C=O) groups excluding carboxylic acids is 1. The number of benzene rings is 1. The maximum absolute atomic E-state index is 11.5. The van der Waals surface area contributed by atoms with Crippen LogP contribution in [0.2, 0.25) is 0 Å². The van der Waals surface area contributed by atoms with Crippen LogP contribution in [-0.2, 0) is 4.79 Å². The Morgan fingerprint density at radius 1 is 1.44 bits per heavy atom. The molecule has 0 aromatic heterocycles. The highest BCUT2D eigenvalue weighted by atomic mass is 32.2. The molecule has 1 aromatic carbocycles. The Bertz CT molecular complexity index is 335. The van der Waals surface area contributed by atoms with E-state index in [1.807, 2.05) is 37.4 Å². The van der Waals surface area contributed by atoms with E-state index in [4.69, 9.17) is 5.73 Å². The van der Waals surface area contributed by atoms with Crippen molar-refractivity contribution in [1.29, 1.82) is 0 Å². The number of anilines is 1. The molecule has 3 N–H and O–H groups in total. The summed E-state index contributed by atoms with van der Waals surface area (Å²) in [6.07, 6.45) is 3.22. The smallest absolute Gasteiger partial charge is 0.224 e. The molecule has 3 nitrogen and oxygen atoms in total. The zero-order valence-corrected chi connectivity index (χ0v) is 10.5. The van der Waals surface area contributed by atoms with Crippen LogP contribution < -0.4 is 11.1 Å². The first kappa shape index (κ1) is 13.1. The molecule has 0 aliphatic carbocycles. The molecule has 0 spiro atoms. The zero-order chi connectivity index (χ0) is 12.0. The third-order valence-electron chi connectivity index (χ3n) is 2.20. The standard InChI is InChI=1S/C12H18N2OS/c1-9(13)3-8-12(15)14-10-4-6-11(16-2)7-5-10/h4-7,9H,3,8,13H2,1-2H3,(H,14,15). The molecule has 1 rings (SSSR count). The molecule has 0 bridgehead atoms. The average Bonchev–Trinajstić information content (AvgIpc) is 2.27. The third kappa shape index (κ3) is 4.68. The van der Waals surface area contributed by atoms with Crippen LogP contribution in [0.4, 0.5) is 5.69 Å². The second-order valence-electron chi connectivity index (χ2n) is 3.79. The highest BCUT2D eigenvalue weighted by molar-refractivity contribution is 7.98. The van der Waals surface area contributed by atoms with E-state index >= 15 is 0 Å². The summed E-state index contributed by atoms with van der Waals surface area (Å²) in [4.78, 5) is 12.7. The van der Waals surface area contributed by atoms with Crippen LogP contribution in [0.25, 0.3) is 0 Å². The summed E-state index contributed by atoms with van der Waals surface area (Å²) in [6, 6.07) is 7.88. The number of nitrogens with two attached hydrogens (primary N) is 1. The molecular formula is C12H18N2OS. The maximum atomic E-state index is 11.5. The molecule has 0 aliphatic heterocycles. The molecule has 0 saturated carbocycles. The van der Waals surface area contributed by atoms with Crippen LogP contribution in [-0.4, -0.2) is 18.2 Å². The molecule has 0 heterocycles. The minimum absolute atomic E-state index is 0.0224. The van der Waals surface area contributed by atoms with Gasteiger partial charge in [-0.3, -0.25) is 4.79 Å². The number of amides is 1. The van der Waals surface area contributed by atoms with Crippen LogP contribution >= 0.6 is 11.8 Å². The van der Waals surface area contributed by atoms with Gasteiger partial charge < -0.3 is 11.1 Å². The lowest BCUT2D eigenvalue weighted by molar-refractivity contribution is -0.116. The molecule has 1 aromatic rings. The molecule has 0 aliphatic rings. The first-order chi connectivity index (χ1) is 7.61. The molecule has 0 fully saturated rings. The second kappa shape index (κ2) is 6.55. The van der Waals surface area contributed by atoms with Crippen molar-refractivity contribution in [3.63, 3.8) is 0 Å². The van der Waals surface area contributed by atoms with Crippen LogP contribution in [0.3, 0.4) is 0 Å². The lowest BCUT2D eigenvalue weighted by Gasteiger charge is -2.07. The predicted molar refractivity (Wildman–Crippen MR) is 69.7 cm³/mol. The van der Waals surface area contributed by atoms with E-state index in [1.165, 1.54) is 4.90 Å². The van der Waals surface area contributed by atoms with Gasteiger partial charge in [-0.1, -0.05) is 0 Å². The SMILES string of the molecule is CSc1ccc(NC(=O)CCC(C)N)cc1. The summed E-state index contributed by atoms with van der Waals surface area (Å²) in [7, 11) is 0. The Morgan fingerprint density at radius 3 is 2.56 bits per heavy atom. The number of nitrogens with one attached hydrogen (secondary N) is 1. The minimum Gasteiger partial charge on any atom is -0.328 e. The fraction of sp³-hybridized carbons (Fsp3) is 0.417. The quantitative estimate of drug-likeness (QED) is 0.775. The van der Waals surface area contributed by atoms with E-state index in [1.54, 1.807) is 11.8 Å². The Morgan fingerprint density at radius 2 is 2.06 bits per heavy atom. The van der Waals surface area contributed by atoms with E-state index in [-0.39, 0.29) is 11.9 Å². The van der Waals surface area contributed by atoms with Gasteiger partial charge in [-0.25, -0.2) is 0 Å². The first-order valence-electron chi connectivity index (χ1n) is 5.31. The number of thioether (sulfide) groups is 1. The molecular weight excluding hydrogens is 220 g/mol. The van der Waals surface area contributed by atoms with E-state index in [2.05, 4.69) is 5.32 Å². The van der Waals surface area contributed by atoms with Gasteiger partial charge in [0.2, 0.25) is 5.91 Å². The number of rotatable bonds is 5. The summed E-state index contributed by atoms with van der Waals surface area (Å²) in [5.41, 5.74) is 6.43. The summed E-state index contributed by atoms with van der Waals surface area (Å²) >= 11 is 1.68. The fourth-order valence-corrected chi connectivity index (χ4v) is 1.66. The highest BCUT2D eigenvalue weighted by Crippen LogP contribution is 2.17. The normalized spacial score (nSPS) is 12.2. The molecule has 4 heteroatoms. The van der Waals surface area contributed by atoms with Gasteiger partial charge in [-0.2, -0.15) is 0 Å². The van der Waals surface area contributed by atoms with Crippen LogP contribution in [0.5, 0.6) is 0 Å². The predicted octanol–water partition coefficient (Wildman–Crippen LogP) is 2.47. The van der Waals surface area contributed by atoms with Crippen molar-refractivity contribution in [2.75, 3.05) is 11.6 Å². The van der Waals surface area contributed by atoms with E-state index in [9.17, 15) is 4.79 Å². The van der Waals surface area contributed by atoms with Crippen LogP contribution in [0.15, 0.2) is 29.2 Å². The van der Waals surface area contributed by atoms with Crippen molar-refractivity contribution in [3.05, 3.63) is 24.3 Å². The van der Waals surface area contributed by atoms with Gasteiger partial charge in [0.1, 0.15) is 0 Å². The molecule has 1 unspecified atom stereocenters. The van der Waals surface area contributed by atoms with Crippen molar-refractivity contribution >= 4 is 23.4 Å². The maximum Gasteiger partial charge on any atom is 0.224 e. The Balaban J connectivity index is 2.43. The van der Waals surface area contributed by atoms with E-state index in [0.717, 1.165) is 5.69 Å². The average molecular weight is 238 g/mol. The van der Waals surface area contributed by atoms with Crippen LogP contribution in [0.1, 0.15) is 19.8 Å². The van der Waals surface area contributed by atoms with Crippen molar-refractivity contribution in [2.24, 2.45) is 5.73 Å². The van der Waals surface area contributed by atoms with Crippen molar-refractivity contribution in [1.82, 2.24) is 0 Å². The Hall–Kier alpha value is -1.00. The first-order valence-corrected chi connectivity index (χ1v) is 6.54. The molecule has 16 heavy (non-hydrogen) atoms. The topological polar surface area (TPSA) is 55.1 Å². The van der Waals surface area contributed by atoms with Crippen molar-refractivity contribution in [3.8, 4) is 0 Å². The van der Waals surface area contributed by atoms with E-state index in [0.29, 0.717) is 12.8 Å². The Labute approximate surface area is 101 Å². The molecule has 1 amide bonds. The largest absolute Gasteiger partial charge is 0.328 e. The van der Waals surface area contributed by atoms with Crippen molar-refractivity contribution in [2.45, 2.75) is 30.7 Å². The van der Waals surface area contributed by atoms with Gasteiger partial charge in [0.05, 0.1) is 0 Å². The lowest BCUT2D eigenvalue weighted by atomic mass is 10.2. The van der Waals surface area contributed by atoms with Gasteiger partial charge in [0, 0.05) is 23.0 Å². The zero-order valence-electron chi connectivity index (χ0n) is 9.69. The summed E-state index contributed by atoms with van der Waals surface area (Å²) in [5.74, 6) is 0.0224. The lowest BCUT2D eigenvalue weighted by Crippen LogP contribution is -2.19. The number of carbonyl (C=O) groups is 1. The summed E-state index contributed by atoms with van der Waals surface area (Å²) in [5, 5.41) is 2.84. The molecule has 0 radical (unpaired) electrons. The number of hydrogen-bond acceptors (Lipinski definition) is 3. The Kier molecular flexibility index (Phi) is 5.35. The fourth-order valence-electron chi connectivity index (χ4n) is 1.26. The molecule has 0 saturated heterocycles. The molecule has 1 atom stereocenters. The van der Waals surface area contributed by atoms with Gasteiger partial charge >= 0.3 is 0 Å². The summed E-state index contributed by atoms with van der Waals surface area (Å²) in [6.45, 7) is 1.90. The third-order valence-corrected chi connectivity index (χ3v) is 2.94. The van der Waals surface area contributed by atoms with Gasteiger partial charge in [0.25, 0.3) is 0 Å². The monoisotopic (exact) mass is 238 g/mol. The van der Waals surface area contributed by atoms with Gasteiger partial charge in [0.15, 0.2) is 0 Å². The van der Waals surface area contributed by atoms with E-state index < -0.39 is 0 Å². The minimum atomic E-state index is 0.0224. The van der Waals surface area contributed by atoms with Crippen LogP contribution in [0, 0.1) is 0 Å². The highest BCUT2D eigenvalue weighted by Gasteiger charge is 2.03. The van der Waals surface area contributed by atoms with Crippen molar-refractivity contribution < 1.29 is 4.79 Å². The second-order valence-corrected chi connectivity index (χ2v) is 4.67. The summed E-state index contributed by atoms with van der Waals surface area (Å²) < 4.78 is 0.